The third-order valence-electron chi connectivity index (χ3n) is 2.51. The molecule has 0 atom stereocenters. The fraction of sp³-hybridized carbons (Fsp3) is 0.154. The van der Waals surface area contributed by atoms with Crippen molar-refractivity contribution in [2.24, 2.45) is 0 Å². The molecule has 0 radical (unpaired) electrons. The number of aryl methyl sites for hydroxylation is 1. The van der Waals surface area contributed by atoms with Gasteiger partial charge in [-0.2, -0.15) is 0 Å². The number of ether oxygens (including phenoxy) is 1. The molecule has 0 saturated carbocycles. The van der Waals surface area contributed by atoms with Gasteiger partial charge >= 0.3 is 5.97 Å². The molecule has 0 spiro atoms. The molecule has 2 rings (SSSR count). The highest BCUT2D eigenvalue weighted by atomic mass is 79.9. The molecule has 19 heavy (non-hydrogen) atoms. The maximum Gasteiger partial charge on any atom is 0.371 e. The van der Waals surface area contributed by atoms with Crippen molar-refractivity contribution >= 4 is 33.5 Å². The molecule has 0 aliphatic rings. The predicted molar refractivity (Wildman–Crippen MR) is 73.9 cm³/mol. The zero-order valence-electron chi connectivity index (χ0n) is 9.94. The minimum Gasteiger partial charge on any atom is -0.488 e. The molecule has 1 heterocycles. The van der Waals surface area contributed by atoms with Crippen molar-refractivity contribution in [1.82, 2.24) is 0 Å². The molecule has 0 aliphatic carbocycles. The number of carbonyl (C=O) groups is 1. The molecule has 4 nitrogen and oxygen atoms in total. The predicted octanol–water partition coefficient (Wildman–Crippen LogP) is 4.28. The fourth-order valence-electron chi connectivity index (χ4n) is 1.52. The molecule has 0 fully saturated rings. The van der Waals surface area contributed by atoms with Gasteiger partial charge in [-0.1, -0.05) is 11.6 Å². The highest BCUT2D eigenvalue weighted by Crippen LogP contribution is 2.29. The highest BCUT2D eigenvalue weighted by Gasteiger charge is 2.13. The van der Waals surface area contributed by atoms with E-state index in [-0.39, 0.29) is 12.4 Å². The summed E-state index contributed by atoms with van der Waals surface area (Å²) in [7, 11) is 0. The number of halogens is 2. The molecule has 0 aliphatic heterocycles. The van der Waals surface area contributed by atoms with Crippen molar-refractivity contribution < 1.29 is 19.1 Å². The van der Waals surface area contributed by atoms with E-state index in [2.05, 4.69) is 15.9 Å². The molecular formula is C13H10BrClO4. The Morgan fingerprint density at radius 3 is 2.79 bits per heavy atom. The van der Waals surface area contributed by atoms with Gasteiger partial charge in [0, 0.05) is 10.6 Å². The number of hydrogen-bond donors (Lipinski definition) is 1. The second-order valence-corrected chi connectivity index (χ2v) is 5.15. The summed E-state index contributed by atoms with van der Waals surface area (Å²) in [6, 6.07) is 6.63. The van der Waals surface area contributed by atoms with Crippen LogP contribution in [-0.2, 0) is 6.61 Å². The number of aromatic carboxylic acids is 1. The quantitative estimate of drug-likeness (QED) is 0.898. The molecular weight excluding hydrogens is 335 g/mol. The smallest absolute Gasteiger partial charge is 0.371 e. The molecule has 0 amide bonds. The number of rotatable bonds is 4. The van der Waals surface area contributed by atoms with Gasteiger partial charge in [-0.3, -0.25) is 0 Å². The summed E-state index contributed by atoms with van der Waals surface area (Å²) >= 11 is 9.17. The number of carboxylic acid groups (broad SMARTS) is 1. The maximum atomic E-state index is 10.8. The number of furan rings is 1. The summed E-state index contributed by atoms with van der Waals surface area (Å²) < 4.78 is 11.4. The summed E-state index contributed by atoms with van der Waals surface area (Å²) in [4.78, 5) is 10.8. The van der Waals surface area contributed by atoms with Crippen LogP contribution in [0.15, 0.2) is 33.2 Å². The summed E-state index contributed by atoms with van der Waals surface area (Å²) in [6.45, 7) is 1.92. The van der Waals surface area contributed by atoms with E-state index in [0.717, 1.165) is 4.47 Å². The Hall–Kier alpha value is -1.46. The van der Waals surface area contributed by atoms with E-state index in [1.54, 1.807) is 25.1 Å². The largest absolute Gasteiger partial charge is 0.488 e. The minimum atomic E-state index is -1.10. The zero-order chi connectivity index (χ0) is 14.0. The first kappa shape index (κ1) is 14.0. The third kappa shape index (κ3) is 3.30. The molecule has 1 aromatic heterocycles. The monoisotopic (exact) mass is 344 g/mol. The van der Waals surface area contributed by atoms with Gasteiger partial charge in [0.1, 0.15) is 18.1 Å². The van der Waals surface area contributed by atoms with Crippen LogP contribution in [0.1, 0.15) is 21.9 Å². The Kier molecular flexibility index (Phi) is 4.17. The van der Waals surface area contributed by atoms with Crippen LogP contribution < -0.4 is 4.74 Å². The third-order valence-corrected chi connectivity index (χ3v) is 3.36. The molecule has 2 aromatic rings. The lowest BCUT2D eigenvalue weighted by molar-refractivity contribution is 0.0661. The summed E-state index contributed by atoms with van der Waals surface area (Å²) in [6.07, 6.45) is 0. The Balaban J connectivity index is 2.12. The van der Waals surface area contributed by atoms with Crippen molar-refractivity contribution in [1.29, 1.82) is 0 Å². The van der Waals surface area contributed by atoms with Gasteiger partial charge in [-0.05, 0) is 47.1 Å². The van der Waals surface area contributed by atoms with Crippen LogP contribution in [-0.4, -0.2) is 11.1 Å². The molecule has 1 aromatic carbocycles. The number of benzene rings is 1. The van der Waals surface area contributed by atoms with E-state index in [0.29, 0.717) is 22.1 Å². The average Bonchev–Trinajstić information content (AvgIpc) is 2.70. The summed E-state index contributed by atoms with van der Waals surface area (Å²) in [5, 5.41) is 9.43. The van der Waals surface area contributed by atoms with Crippen LogP contribution in [0, 0.1) is 6.92 Å². The maximum absolute atomic E-state index is 10.8. The van der Waals surface area contributed by atoms with Gasteiger partial charge in [0.05, 0.1) is 4.47 Å². The molecule has 0 unspecified atom stereocenters. The first-order valence-electron chi connectivity index (χ1n) is 5.38. The first-order chi connectivity index (χ1) is 8.97. The highest BCUT2D eigenvalue weighted by molar-refractivity contribution is 9.10. The normalized spacial score (nSPS) is 10.5. The van der Waals surface area contributed by atoms with Gasteiger partial charge in [0.2, 0.25) is 5.76 Å². The van der Waals surface area contributed by atoms with Crippen molar-refractivity contribution in [2.75, 3.05) is 0 Å². The van der Waals surface area contributed by atoms with Gasteiger partial charge in [0.15, 0.2) is 0 Å². The van der Waals surface area contributed by atoms with Crippen molar-refractivity contribution in [3.63, 3.8) is 0 Å². The van der Waals surface area contributed by atoms with Crippen LogP contribution in [0.5, 0.6) is 5.75 Å². The van der Waals surface area contributed by atoms with E-state index >= 15 is 0 Å². The lowest BCUT2D eigenvalue weighted by Gasteiger charge is -2.07. The SMILES string of the molecule is Cc1oc(C(=O)O)cc1COc1ccc(Cl)cc1Br. The van der Waals surface area contributed by atoms with Gasteiger partial charge in [0.25, 0.3) is 0 Å². The lowest BCUT2D eigenvalue weighted by atomic mass is 10.2. The lowest BCUT2D eigenvalue weighted by Crippen LogP contribution is -1.96. The fourth-order valence-corrected chi connectivity index (χ4v) is 2.31. The molecule has 100 valence electrons. The average molecular weight is 346 g/mol. The molecule has 0 saturated heterocycles. The number of carboxylic acids is 1. The second-order valence-electron chi connectivity index (χ2n) is 3.86. The molecule has 6 heteroatoms. The van der Waals surface area contributed by atoms with Crippen LogP contribution in [0.3, 0.4) is 0 Å². The van der Waals surface area contributed by atoms with E-state index in [4.69, 9.17) is 25.9 Å². The Morgan fingerprint density at radius 1 is 1.47 bits per heavy atom. The van der Waals surface area contributed by atoms with E-state index in [1.165, 1.54) is 6.07 Å². The minimum absolute atomic E-state index is 0.0914. The Morgan fingerprint density at radius 2 is 2.21 bits per heavy atom. The van der Waals surface area contributed by atoms with Gasteiger partial charge < -0.3 is 14.3 Å². The molecule has 0 bridgehead atoms. The standard InChI is InChI=1S/C13H10BrClO4/c1-7-8(4-12(19-7)13(16)17)6-18-11-3-2-9(15)5-10(11)14/h2-5H,6H2,1H3,(H,16,17). The van der Waals surface area contributed by atoms with E-state index in [1.807, 2.05) is 0 Å². The van der Waals surface area contributed by atoms with Gasteiger partial charge in [-0.15, -0.1) is 0 Å². The number of hydrogen-bond acceptors (Lipinski definition) is 3. The van der Waals surface area contributed by atoms with E-state index < -0.39 is 5.97 Å². The van der Waals surface area contributed by atoms with E-state index in [9.17, 15) is 4.79 Å². The van der Waals surface area contributed by atoms with Crippen molar-refractivity contribution in [3.05, 3.63) is 50.8 Å². The second kappa shape index (κ2) is 5.67. The summed E-state index contributed by atoms with van der Waals surface area (Å²) in [5.41, 5.74) is 0.694. The zero-order valence-corrected chi connectivity index (χ0v) is 12.3. The van der Waals surface area contributed by atoms with Gasteiger partial charge in [-0.25, -0.2) is 4.79 Å². The van der Waals surface area contributed by atoms with Crippen molar-refractivity contribution in [3.8, 4) is 5.75 Å². The Bertz CT molecular complexity index is 621. The van der Waals surface area contributed by atoms with Crippen LogP contribution >= 0.6 is 27.5 Å². The van der Waals surface area contributed by atoms with Crippen LogP contribution in [0.4, 0.5) is 0 Å². The topological polar surface area (TPSA) is 59.7 Å². The first-order valence-corrected chi connectivity index (χ1v) is 6.55. The van der Waals surface area contributed by atoms with Crippen LogP contribution in [0.2, 0.25) is 5.02 Å². The van der Waals surface area contributed by atoms with Crippen molar-refractivity contribution in [2.45, 2.75) is 13.5 Å². The Labute approximate surface area is 123 Å². The molecule has 1 N–H and O–H groups in total. The van der Waals surface area contributed by atoms with Crippen LogP contribution in [0.25, 0.3) is 0 Å². The summed E-state index contributed by atoms with van der Waals surface area (Å²) in [5.74, 6) is -0.0299.